The van der Waals surface area contributed by atoms with Gasteiger partial charge in [-0.05, 0) is 68.0 Å². The minimum absolute atomic E-state index is 0.0139. The van der Waals surface area contributed by atoms with Gasteiger partial charge in [-0.15, -0.1) is 0 Å². The molecule has 1 aromatic carbocycles. The monoisotopic (exact) mass is 404 g/mol. The Balaban J connectivity index is 1.74. The highest BCUT2D eigenvalue weighted by atomic mass is 16.2. The topological polar surface area (TPSA) is 60.2 Å². The fourth-order valence-electron chi connectivity index (χ4n) is 3.88. The third kappa shape index (κ3) is 5.90. The number of aryl methyl sites for hydroxylation is 1. The number of pyridine rings is 1. The van der Waals surface area contributed by atoms with Gasteiger partial charge in [0.25, 0.3) is 5.91 Å². The van der Waals surface area contributed by atoms with Crippen molar-refractivity contribution in [1.82, 2.24) is 14.8 Å². The molecule has 0 aliphatic carbocycles. The molecule has 5 heteroatoms. The van der Waals surface area contributed by atoms with Crippen molar-refractivity contribution < 1.29 is 4.79 Å². The zero-order valence-corrected chi connectivity index (χ0v) is 18.3. The normalized spacial score (nSPS) is 15.2. The summed E-state index contributed by atoms with van der Waals surface area (Å²) in [7, 11) is 0. The Morgan fingerprint density at radius 3 is 2.47 bits per heavy atom. The molecule has 0 saturated carbocycles. The molecule has 0 bridgehead atoms. The van der Waals surface area contributed by atoms with E-state index in [1.54, 1.807) is 6.20 Å². The van der Waals surface area contributed by atoms with E-state index in [0.717, 1.165) is 43.6 Å². The second-order valence-electron chi connectivity index (χ2n) is 8.72. The molecule has 1 aromatic heterocycles. The van der Waals surface area contributed by atoms with E-state index >= 15 is 0 Å². The Hall–Kier alpha value is -2.71. The molecule has 158 valence electrons. The van der Waals surface area contributed by atoms with Gasteiger partial charge in [0.05, 0.1) is 11.6 Å². The Labute approximate surface area is 180 Å². The van der Waals surface area contributed by atoms with Gasteiger partial charge in [-0.3, -0.25) is 9.78 Å². The lowest BCUT2D eigenvalue weighted by molar-refractivity contribution is 0.0540. The minimum Gasteiger partial charge on any atom is -0.330 e. The minimum atomic E-state index is -0.0139. The van der Waals surface area contributed by atoms with E-state index < -0.39 is 0 Å². The lowest BCUT2D eigenvalue weighted by Crippen LogP contribution is -2.47. The van der Waals surface area contributed by atoms with Crippen LogP contribution < -0.4 is 0 Å². The van der Waals surface area contributed by atoms with E-state index in [9.17, 15) is 4.79 Å². The molecule has 0 spiro atoms. The molecule has 2 aromatic rings. The van der Waals surface area contributed by atoms with Gasteiger partial charge in [-0.2, -0.15) is 5.26 Å². The van der Waals surface area contributed by atoms with Crippen LogP contribution in [-0.4, -0.2) is 46.4 Å². The van der Waals surface area contributed by atoms with Crippen molar-refractivity contribution in [3.63, 3.8) is 0 Å². The number of amides is 1. The van der Waals surface area contributed by atoms with E-state index in [2.05, 4.69) is 29.8 Å². The maximum absolute atomic E-state index is 13.4. The lowest BCUT2D eigenvalue weighted by atomic mass is 10.00. The maximum atomic E-state index is 13.4. The number of nitrogens with zero attached hydrogens (tertiary/aromatic N) is 4. The average molecular weight is 405 g/mol. The molecule has 0 N–H and O–H groups in total. The van der Waals surface area contributed by atoms with Gasteiger partial charge in [0.15, 0.2) is 0 Å². The van der Waals surface area contributed by atoms with Crippen molar-refractivity contribution in [2.24, 2.45) is 5.92 Å². The van der Waals surface area contributed by atoms with Crippen molar-refractivity contribution in [2.75, 3.05) is 19.6 Å². The highest BCUT2D eigenvalue weighted by Gasteiger charge is 2.29. The van der Waals surface area contributed by atoms with Crippen LogP contribution in [0.5, 0.6) is 0 Å². The van der Waals surface area contributed by atoms with Gasteiger partial charge in [-0.25, -0.2) is 0 Å². The number of carbonyl (C=O) groups excluding carboxylic acids is 1. The summed E-state index contributed by atoms with van der Waals surface area (Å²) < 4.78 is 0. The van der Waals surface area contributed by atoms with Gasteiger partial charge in [0.1, 0.15) is 5.69 Å². The standard InChI is InChI=1S/C25H32N4O/c1-19(2)10-13-28-14-11-23(12-15-28)29(18-22-7-5-21(16-26)6-8-22)25(30)24-9-4-20(3)17-27-24/h4-9,17,19,23H,10-15,18H2,1-3H3. The summed E-state index contributed by atoms with van der Waals surface area (Å²) >= 11 is 0. The molecule has 5 nitrogen and oxygen atoms in total. The largest absolute Gasteiger partial charge is 0.330 e. The second-order valence-corrected chi connectivity index (χ2v) is 8.72. The van der Waals surface area contributed by atoms with Crippen LogP contribution in [0.4, 0.5) is 0 Å². The summed E-state index contributed by atoms with van der Waals surface area (Å²) in [6.45, 7) is 10.2. The number of benzene rings is 1. The quantitative estimate of drug-likeness (QED) is 0.686. The summed E-state index contributed by atoms with van der Waals surface area (Å²) in [5.41, 5.74) is 3.21. The van der Waals surface area contributed by atoms with Crippen molar-refractivity contribution in [1.29, 1.82) is 5.26 Å². The SMILES string of the molecule is Cc1ccc(C(=O)N(Cc2ccc(C#N)cc2)C2CCN(CCC(C)C)CC2)nc1. The summed E-state index contributed by atoms with van der Waals surface area (Å²) in [6.07, 6.45) is 4.92. The van der Waals surface area contributed by atoms with E-state index in [-0.39, 0.29) is 11.9 Å². The summed E-state index contributed by atoms with van der Waals surface area (Å²) in [5, 5.41) is 9.05. The predicted molar refractivity (Wildman–Crippen MR) is 119 cm³/mol. The first kappa shape index (κ1) is 22.0. The smallest absolute Gasteiger partial charge is 0.272 e. The number of likely N-dealkylation sites (tertiary alicyclic amines) is 1. The molecule has 30 heavy (non-hydrogen) atoms. The zero-order chi connectivity index (χ0) is 21.5. The van der Waals surface area contributed by atoms with Crippen molar-refractivity contribution in [2.45, 2.75) is 52.6 Å². The first-order valence-electron chi connectivity index (χ1n) is 10.9. The van der Waals surface area contributed by atoms with E-state index in [1.165, 1.54) is 6.42 Å². The maximum Gasteiger partial charge on any atom is 0.272 e. The van der Waals surface area contributed by atoms with Crippen LogP contribution in [0.3, 0.4) is 0 Å². The van der Waals surface area contributed by atoms with Gasteiger partial charge < -0.3 is 9.80 Å². The van der Waals surface area contributed by atoms with Crippen LogP contribution >= 0.6 is 0 Å². The van der Waals surface area contributed by atoms with Gasteiger partial charge in [0, 0.05) is 31.9 Å². The molecular formula is C25H32N4O. The van der Waals surface area contributed by atoms with Gasteiger partial charge >= 0.3 is 0 Å². The van der Waals surface area contributed by atoms with Crippen LogP contribution in [-0.2, 0) is 6.54 Å². The van der Waals surface area contributed by atoms with Crippen LogP contribution in [0.25, 0.3) is 0 Å². The molecule has 1 amide bonds. The summed E-state index contributed by atoms with van der Waals surface area (Å²) in [5.74, 6) is 0.699. The number of carbonyl (C=O) groups is 1. The molecule has 0 radical (unpaired) electrons. The highest BCUT2D eigenvalue weighted by molar-refractivity contribution is 5.92. The fraction of sp³-hybridized carbons (Fsp3) is 0.480. The lowest BCUT2D eigenvalue weighted by Gasteiger charge is -2.38. The first-order chi connectivity index (χ1) is 14.5. The number of aromatic nitrogens is 1. The molecule has 0 unspecified atom stereocenters. The van der Waals surface area contributed by atoms with Crippen LogP contribution in [0.15, 0.2) is 42.6 Å². The predicted octanol–water partition coefficient (Wildman–Crippen LogP) is 4.41. The van der Waals surface area contributed by atoms with Crippen molar-refractivity contribution in [3.8, 4) is 6.07 Å². The number of piperidine rings is 1. The zero-order valence-electron chi connectivity index (χ0n) is 18.3. The van der Waals surface area contributed by atoms with Crippen molar-refractivity contribution in [3.05, 3.63) is 65.0 Å². The third-order valence-electron chi connectivity index (χ3n) is 5.85. The molecule has 1 aliphatic rings. The summed E-state index contributed by atoms with van der Waals surface area (Å²) in [6, 6.07) is 13.6. The van der Waals surface area contributed by atoms with Crippen LogP contribution in [0, 0.1) is 24.2 Å². The summed E-state index contributed by atoms with van der Waals surface area (Å²) in [4.78, 5) is 22.3. The Kier molecular flexibility index (Phi) is 7.59. The van der Waals surface area contributed by atoms with E-state index in [4.69, 9.17) is 5.26 Å². The van der Waals surface area contributed by atoms with Gasteiger partial charge in [-0.1, -0.05) is 32.0 Å². The highest BCUT2D eigenvalue weighted by Crippen LogP contribution is 2.22. The van der Waals surface area contributed by atoms with Crippen LogP contribution in [0.2, 0.25) is 0 Å². The van der Waals surface area contributed by atoms with Gasteiger partial charge in [0.2, 0.25) is 0 Å². The Bertz CT molecular complexity index is 860. The molecule has 1 fully saturated rings. The second kappa shape index (κ2) is 10.4. The molecule has 1 aliphatic heterocycles. The molecule has 2 heterocycles. The third-order valence-corrected chi connectivity index (χ3v) is 5.85. The molecular weight excluding hydrogens is 372 g/mol. The van der Waals surface area contributed by atoms with E-state index in [1.807, 2.05) is 48.2 Å². The van der Waals surface area contributed by atoms with Crippen molar-refractivity contribution >= 4 is 5.91 Å². The number of hydrogen-bond acceptors (Lipinski definition) is 4. The number of hydrogen-bond donors (Lipinski definition) is 0. The molecule has 3 rings (SSSR count). The van der Waals surface area contributed by atoms with Crippen LogP contribution in [0.1, 0.15) is 60.3 Å². The molecule has 0 atom stereocenters. The average Bonchev–Trinajstić information content (AvgIpc) is 2.77. The fourth-order valence-corrected chi connectivity index (χ4v) is 3.88. The van der Waals surface area contributed by atoms with E-state index in [0.29, 0.717) is 23.7 Å². The number of rotatable bonds is 7. The molecule has 1 saturated heterocycles. The first-order valence-corrected chi connectivity index (χ1v) is 10.9. The Morgan fingerprint density at radius 2 is 1.90 bits per heavy atom. The number of nitriles is 1. The Morgan fingerprint density at radius 1 is 1.20 bits per heavy atom.